The Bertz CT molecular complexity index is 1030. The first-order valence-electron chi connectivity index (χ1n) is 10.4. The van der Waals surface area contributed by atoms with E-state index < -0.39 is 12.1 Å². The number of para-hydroxylation sites is 1. The number of nitrogens with one attached hydrogen (secondary N) is 1. The molecule has 1 aromatic heterocycles. The van der Waals surface area contributed by atoms with Gasteiger partial charge in [0.2, 0.25) is 11.8 Å². The van der Waals surface area contributed by atoms with Gasteiger partial charge in [-0.05, 0) is 36.5 Å². The summed E-state index contributed by atoms with van der Waals surface area (Å²) in [4.78, 5) is 31.5. The molecule has 1 saturated heterocycles. The lowest BCUT2D eigenvalue weighted by atomic mass is 10.1. The first-order chi connectivity index (χ1) is 15.1. The molecule has 0 aliphatic carbocycles. The van der Waals surface area contributed by atoms with Crippen LogP contribution in [-0.4, -0.2) is 50.1 Å². The van der Waals surface area contributed by atoms with Crippen molar-refractivity contribution in [3.8, 4) is 5.69 Å². The molecule has 2 atom stereocenters. The van der Waals surface area contributed by atoms with Crippen LogP contribution in [0.1, 0.15) is 24.0 Å². The summed E-state index contributed by atoms with van der Waals surface area (Å²) in [5, 5.41) is 7.15. The lowest BCUT2D eigenvalue weighted by molar-refractivity contribution is -0.139. The predicted molar refractivity (Wildman–Crippen MR) is 131 cm³/mol. The third-order valence-electron chi connectivity index (χ3n) is 5.56. The third kappa shape index (κ3) is 6.31. The van der Waals surface area contributed by atoms with E-state index in [4.69, 9.17) is 5.73 Å². The molecule has 0 spiro atoms. The first kappa shape index (κ1) is 26.3. The maximum Gasteiger partial charge on any atom is 0.243 e. The molecule has 33 heavy (non-hydrogen) atoms. The van der Waals surface area contributed by atoms with Crippen LogP contribution in [0.3, 0.4) is 0 Å². The quantitative estimate of drug-likeness (QED) is 0.528. The Morgan fingerprint density at radius 3 is 2.55 bits per heavy atom. The van der Waals surface area contributed by atoms with Gasteiger partial charge in [-0.15, -0.1) is 24.8 Å². The van der Waals surface area contributed by atoms with Crippen molar-refractivity contribution in [1.29, 1.82) is 0 Å². The van der Waals surface area contributed by atoms with Gasteiger partial charge >= 0.3 is 0 Å². The molecule has 1 fully saturated rings. The molecule has 3 N–H and O–H groups in total. The van der Waals surface area contributed by atoms with Crippen LogP contribution in [0.4, 0.5) is 0 Å². The van der Waals surface area contributed by atoms with Gasteiger partial charge in [0.25, 0.3) is 0 Å². The summed E-state index contributed by atoms with van der Waals surface area (Å²) >= 11 is 0. The Kier molecular flexibility index (Phi) is 9.84. The van der Waals surface area contributed by atoms with Crippen LogP contribution in [0.25, 0.3) is 5.69 Å². The minimum Gasteiger partial charge on any atom is -0.350 e. The van der Waals surface area contributed by atoms with E-state index in [0.717, 1.165) is 23.2 Å². The van der Waals surface area contributed by atoms with Crippen LogP contribution in [-0.2, 0) is 22.6 Å². The third-order valence-corrected chi connectivity index (χ3v) is 5.56. The molecule has 8 nitrogen and oxygen atoms in total. The van der Waals surface area contributed by atoms with Crippen molar-refractivity contribution >= 4 is 36.6 Å². The molecule has 10 heteroatoms. The number of carbonyl (C=O) groups excluding carboxylic acids is 2. The van der Waals surface area contributed by atoms with Gasteiger partial charge in [-0.2, -0.15) is 5.10 Å². The zero-order valence-corrected chi connectivity index (χ0v) is 19.7. The second-order valence-electron chi connectivity index (χ2n) is 7.67. The summed E-state index contributed by atoms with van der Waals surface area (Å²) in [5.74, 6) is -0.337. The van der Waals surface area contributed by atoms with Crippen LogP contribution in [0, 0.1) is 0 Å². The number of likely N-dealkylation sites (tertiary alicyclic amines) is 1. The van der Waals surface area contributed by atoms with Gasteiger partial charge in [-0.3, -0.25) is 9.59 Å². The Labute approximate surface area is 205 Å². The van der Waals surface area contributed by atoms with E-state index in [1.54, 1.807) is 15.9 Å². The number of rotatable bonds is 7. The fraction of sp³-hybridized carbons (Fsp3) is 0.304. The summed E-state index contributed by atoms with van der Waals surface area (Å²) in [6, 6.07) is 16.2. The van der Waals surface area contributed by atoms with E-state index in [9.17, 15) is 9.59 Å². The van der Waals surface area contributed by atoms with Gasteiger partial charge in [0.15, 0.2) is 0 Å². The molecule has 2 amide bonds. The minimum absolute atomic E-state index is 0. The topological polar surface area (TPSA) is 106 Å². The van der Waals surface area contributed by atoms with Gasteiger partial charge in [0.05, 0.1) is 11.7 Å². The molecule has 2 heterocycles. The monoisotopic (exact) mass is 490 g/mol. The number of hydrogen-bond acceptors (Lipinski definition) is 5. The fourth-order valence-corrected chi connectivity index (χ4v) is 3.99. The van der Waals surface area contributed by atoms with Crippen molar-refractivity contribution in [1.82, 2.24) is 25.0 Å². The van der Waals surface area contributed by atoms with Crippen LogP contribution < -0.4 is 11.1 Å². The molecule has 176 valence electrons. The fourth-order valence-electron chi connectivity index (χ4n) is 3.99. The van der Waals surface area contributed by atoms with Crippen molar-refractivity contribution in [3.63, 3.8) is 0 Å². The second kappa shape index (κ2) is 12.3. The highest BCUT2D eigenvalue weighted by molar-refractivity contribution is 5.90. The van der Waals surface area contributed by atoms with E-state index in [1.165, 1.54) is 6.33 Å². The molecular formula is C23H28Cl2N6O2. The van der Waals surface area contributed by atoms with Crippen molar-refractivity contribution in [2.45, 2.75) is 37.9 Å². The van der Waals surface area contributed by atoms with E-state index >= 15 is 0 Å². The van der Waals surface area contributed by atoms with Gasteiger partial charge < -0.3 is 16.0 Å². The largest absolute Gasteiger partial charge is 0.350 e. The van der Waals surface area contributed by atoms with E-state index in [2.05, 4.69) is 15.4 Å². The molecule has 0 radical (unpaired) electrons. The Morgan fingerprint density at radius 2 is 1.82 bits per heavy atom. The highest BCUT2D eigenvalue weighted by atomic mass is 35.5. The number of benzene rings is 2. The Hall–Kier alpha value is -2.94. The molecule has 4 rings (SSSR count). The molecular weight excluding hydrogens is 463 g/mol. The number of carbonyl (C=O) groups is 2. The maximum atomic E-state index is 13.0. The van der Waals surface area contributed by atoms with Crippen molar-refractivity contribution in [2.75, 3.05) is 6.54 Å². The summed E-state index contributed by atoms with van der Waals surface area (Å²) in [7, 11) is 0. The Balaban J connectivity index is 0.00000193. The molecule has 1 aliphatic heterocycles. The molecule has 0 unspecified atom stereocenters. The van der Waals surface area contributed by atoms with Crippen LogP contribution in [0.2, 0.25) is 0 Å². The highest BCUT2D eigenvalue weighted by Crippen LogP contribution is 2.20. The van der Waals surface area contributed by atoms with Crippen molar-refractivity contribution < 1.29 is 9.59 Å². The predicted octanol–water partition coefficient (Wildman–Crippen LogP) is 2.29. The Morgan fingerprint density at radius 1 is 1.09 bits per heavy atom. The SMILES string of the molecule is Cl.Cl.N[C@H](Cc1ccccc1)C(=O)N1CCC[C@H]1C(=O)NCc1ccccc1-n1cncn1. The molecule has 2 aromatic carbocycles. The lowest BCUT2D eigenvalue weighted by Crippen LogP contribution is -2.51. The van der Waals surface area contributed by atoms with Crippen LogP contribution in [0.5, 0.6) is 0 Å². The minimum atomic E-state index is -0.663. The van der Waals surface area contributed by atoms with Gasteiger partial charge in [-0.25, -0.2) is 9.67 Å². The normalized spacial score (nSPS) is 15.8. The summed E-state index contributed by atoms with van der Waals surface area (Å²) in [5.41, 5.74) is 8.97. The number of nitrogens with zero attached hydrogens (tertiary/aromatic N) is 4. The number of aromatic nitrogens is 3. The first-order valence-corrected chi connectivity index (χ1v) is 10.4. The number of hydrogen-bond donors (Lipinski definition) is 2. The molecule has 0 saturated carbocycles. The second-order valence-corrected chi connectivity index (χ2v) is 7.67. The van der Waals surface area contributed by atoms with Crippen LogP contribution in [0.15, 0.2) is 67.3 Å². The van der Waals surface area contributed by atoms with E-state index in [0.29, 0.717) is 25.9 Å². The summed E-state index contributed by atoms with van der Waals surface area (Å²) in [6.45, 7) is 0.887. The smallest absolute Gasteiger partial charge is 0.243 e. The number of halogens is 2. The number of nitrogens with two attached hydrogens (primary N) is 1. The van der Waals surface area contributed by atoms with E-state index in [1.807, 2.05) is 54.6 Å². The van der Waals surface area contributed by atoms with Crippen LogP contribution >= 0.6 is 24.8 Å². The zero-order chi connectivity index (χ0) is 21.6. The molecule has 0 bridgehead atoms. The average molecular weight is 491 g/mol. The standard InChI is InChI=1S/C23H26N6O2.2ClH/c24-19(13-17-7-2-1-3-8-17)23(31)28-12-6-11-21(28)22(30)26-14-18-9-4-5-10-20(18)29-16-25-15-27-29;;/h1-5,7-10,15-16,19,21H,6,11-14,24H2,(H,26,30);2*1H/t19-,21+;;/m1../s1. The lowest BCUT2D eigenvalue weighted by Gasteiger charge is -2.27. The van der Waals surface area contributed by atoms with Gasteiger partial charge in [0.1, 0.15) is 18.7 Å². The summed E-state index contributed by atoms with van der Waals surface area (Å²) in [6.07, 6.45) is 4.97. The highest BCUT2D eigenvalue weighted by Gasteiger charge is 2.36. The maximum absolute atomic E-state index is 13.0. The average Bonchev–Trinajstić information content (AvgIpc) is 3.50. The molecule has 3 aromatic rings. The van der Waals surface area contributed by atoms with Crippen molar-refractivity contribution in [3.05, 3.63) is 78.4 Å². The number of amides is 2. The van der Waals surface area contributed by atoms with Crippen molar-refractivity contribution in [2.24, 2.45) is 5.73 Å². The van der Waals surface area contributed by atoms with Gasteiger partial charge in [0, 0.05) is 13.1 Å². The van der Waals surface area contributed by atoms with Gasteiger partial charge in [-0.1, -0.05) is 48.5 Å². The zero-order valence-electron chi connectivity index (χ0n) is 18.0. The van der Waals surface area contributed by atoms with E-state index in [-0.39, 0.29) is 36.6 Å². The summed E-state index contributed by atoms with van der Waals surface area (Å²) < 4.78 is 1.66. The molecule has 1 aliphatic rings.